The highest BCUT2D eigenvalue weighted by molar-refractivity contribution is 5.93. The number of anilines is 1. The normalized spacial score (nSPS) is 25.2. The Morgan fingerprint density at radius 2 is 2.11 bits per heavy atom. The highest BCUT2D eigenvalue weighted by atomic mass is 16.7. The lowest BCUT2D eigenvalue weighted by Gasteiger charge is -2.11. The van der Waals surface area contributed by atoms with Gasteiger partial charge in [-0.3, -0.25) is 4.79 Å². The van der Waals surface area contributed by atoms with Gasteiger partial charge in [-0.25, -0.2) is 0 Å². The number of hydrogen-bond acceptors (Lipinski definition) is 4. The Hall–Kier alpha value is -1.75. The van der Waals surface area contributed by atoms with Gasteiger partial charge in [0.15, 0.2) is 11.5 Å². The summed E-state index contributed by atoms with van der Waals surface area (Å²) in [6.07, 6.45) is 2.58. The van der Waals surface area contributed by atoms with E-state index in [1.807, 2.05) is 6.07 Å². The number of carbonyl (C=O) groups excluding carboxylic acids is 1. The number of carbonyl (C=O) groups is 1. The third kappa shape index (κ3) is 2.13. The van der Waals surface area contributed by atoms with Crippen LogP contribution in [0.3, 0.4) is 0 Å². The Bertz CT molecular complexity index is 475. The van der Waals surface area contributed by atoms with Crippen molar-refractivity contribution < 1.29 is 14.3 Å². The number of rotatable bonds is 2. The van der Waals surface area contributed by atoms with Crippen molar-refractivity contribution in [1.29, 1.82) is 0 Å². The summed E-state index contributed by atoms with van der Waals surface area (Å²) >= 11 is 0. The molecule has 1 saturated carbocycles. The molecule has 2 unspecified atom stereocenters. The van der Waals surface area contributed by atoms with E-state index in [2.05, 4.69) is 5.32 Å². The Balaban J connectivity index is 1.67. The molecule has 96 valence electrons. The Labute approximate surface area is 105 Å². The lowest BCUT2D eigenvalue weighted by Crippen LogP contribution is -2.23. The molecule has 1 aliphatic heterocycles. The van der Waals surface area contributed by atoms with Gasteiger partial charge in [-0.15, -0.1) is 0 Å². The molecule has 0 saturated heterocycles. The minimum Gasteiger partial charge on any atom is -0.454 e. The Morgan fingerprint density at radius 3 is 2.89 bits per heavy atom. The summed E-state index contributed by atoms with van der Waals surface area (Å²) in [7, 11) is 0. The van der Waals surface area contributed by atoms with Crippen molar-refractivity contribution in [2.75, 3.05) is 12.1 Å². The van der Waals surface area contributed by atoms with Gasteiger partial charge in [-0.2, -0.15) is 0 Å². The molecule has 5 heteroatoms. The number of benzene rings is 1. The first-order valence-electron chi connectivity index (χ1n) is 6.18. The van der Waals surface area contributed by atoms with Crippen LogP contribution in [0.5, 0.6) is 11.5 Å². The number of ether oxygens (including phenoxy) is 2. The molecule has 1 amide bonds. The quantitative estimate of drug-likeness (QED) is 0.831. The molecule has 0 radical (unpaired) electrons. The second-order valence-electron chi connectivity index (χ2n) is 4.83. The van der Waals surface area contributed by atoms with Crippen LogP contribution in [0.4, 0.5) is 5.69 Å². The van der Waals surface area contributed by atoms with E-state index in [1.165, 1.54) is 0 Å². The monoisotopic (exact) mass is 248 g/mol. The van der Waals surface area contributed by atoms with Gasteiger partial charge in [0, 0.05) is 23.7 Å². The fraction of sp³-hybridized carbons (Fsp3) is 0.462. The number of nitrogens with one attached hydrogen (secondary N) is 1. The van der Waals surface area contributed by atoms with Gasteiger partial charge in [0.25, 0.3) is 0 Å². The predicted octanol–water partition coefficient (Wildman–Crippen LogP) is 1.48. The average molecular weight is 248 g/mol. The maximum absolute atomic E-state index is 12.0. The van der Waals surface area contributed by atoms with E-state index in [1.54, 1.807) is 12.1 Å². The minimum atomic E-state index is 0.0328. The van der Waals surface area contributed by atoms with Crippen LogP contribution < -0.4 is 20.5 Å². The largest absolute Gasteiger partial charge is 0.454 e. The zero-order chi connectivity index (χ0) is 12.5. The Kier molecular flexibility index (Phi) is 2.83. The minimum absolute atomic E-state index is 0.0328. The molecule has 2 aliphatic rings. The molecule has 1 heterocycles. The van der Waals surface area contributed by atoms with Crippen LogP contribution in [-0.2, 0) is 4.79 Å². The molecular weight excluding hydrogens is 232 g/mol. The molecule has 0 spiro atoms. The van der Waals surface area contributed by atoms with Crippen molar-refractivity contribution in [3.05, 3.63) is 18.2 Å². The van der Waals surface area contributed by atoms with Crippen LogP contribution in [0.2, 0.25) is 0 Å². The highest BCUT2D eigenvalue weighted by Crippen LogP contribution is 2.34. The van der Waals surface area contributed by atoms with Gasteiger partial charge in [0.2, 0.25) is 12.7 Å². The van der Waals surface area contributed by atoms with Crippen molar-refractivity contribution >= 4 is 11.6 Å². The fourth-order valence-corrected chi connectivity index (χ4v) is 2.47. The second-order valence-corrected chi connectivity index (χ2v) is 4.83. The van der Waals surface area contributed by atoms with Crippen molar-refractivity contribution in [3.8, 4) is 11.5 Å². The summed E-state index contributed by atoms with van der Waals surface area (Å²) in [4.78, 5) is 12.0. The molecular formula is C13H16N2O3. The molecule has 0 bridgehead atoms. The van der Waals surface area contributed by atoms with Gasteiger partial charge in [-0.05, 0) is 31.4 Å². The maximum atomic E-state index is 12.0. The summed E-state index contributed by atoms with van der Waals surface area (Å²) in [5.74, 6) is 1.47. The molecule has 1 aliphatic carbocycles. The van der Waals surface area contributed by atoms with Crippen LogP contribution in [0.25, 0.3) is 0 Å². The highest BCUT2D eigenvalue weighted by Gasteiger charge is 2.28. The van der Waals surface area contributed by atoms with Crippen LogP contribution in [-0.4, -0.2) is 18.7 Å². The third-order valence-corrected chi connectivity index (χ3v) is 3.48. The molecule has 1 fully saturated rings. The van der Waals surface area contributed by atoms with Gasteiger partial charge >= 0.3 is 0 Å². The summed E-state index contributed by atoms with van der Waals surface area (Å²) in [5.41, 5.74) is 6.55. The molecule has 1 aromatic carbocycles. The number of amides is 1. The molecule has 5 nitrogen and oxygen atoms in total. The van der Waals surface area contributed by atoms with Gasteiger partial charge in [-0.1, -0.05) is 0 Å². The topological polar surface area (TPSA) is 73.6 Å². The van der Waals surface area contributed by atoms with Crippen LogP contribution in [0.1, 0.15) is 19.3 Å². The van der Waals surface area contributed by atoms with E-state index in [0.717, 1.165) is 30.7 Å². The van der Waals surface area contributed by atoms with Gasteiger partial charge in [0.05, 0.1) is 0 Å². The first-order chi connectivity index (χ1) is 8.72. The van der Waals surface area contributed by atoms with Crippen molar-refractivity contribution in [3.63, 3.8) is 0 Å². The predicted molar refractivity (Wildman–Crippen MR) is 66.5 cm³/mol. The van der Waals surface area contributed by atoms with E-state index in [4.69, 9.17) is 15.2 Å². The van der Waals surface area contributed by atoms with Crippen molar-refractivity contribution in [2.24, 2.45) is 11.7 Å². The third-order valence-electron chi connectivity index (χ3n) is 3.48. The number of hydrogen-bond donors (Lipinski definition) is 2. The van der Waals surface area contributed by atoms with Crippen molar-refractivity contribution in [2.45, 2.75) is 25.3 Å². The summed E-state index contributed by atoms with van der Waals surface area (Å²) in [5, 5.41) is 2.90. The number of nitrogens with two attached hydrogens (primary N) is 1. The molecule has 3 N–H and O–H groups in total. The first kappa shape index (κ1) is 11.3. The van der Waals surface area contributed by atoms with E-state index in [-0.39, 0.29) is 24.7 Å². The summed E-state index contributed by atoms with van der Waals surface area (Å²) < 4.78 is 10.5. The molecule has 1 aromatic rings. The lowest BCUT2D eigenvalue weighted by atomic mass is 10.1. The van der Waals surface area contributed by atoms with Crippen molar-refractivity contribution in [1.82, 2.24) is 0 Å². The van der Waals surface area contributed by atoms with E-state index >= 15 is 0 Å². The second kappa shape index (κ2) is 4.49. The number of fused-ring (bicyclic) bond motifs is 1. The van der Waals surface area contributed by atoms with Crippen LogP contribution in [0, 0.1) is 5.92 Å². The van der Waals surface area contributed by atoms with Gasteiger partial charge in [0.1, 0.15) is 0 Å². The maximum Gasteiger partial charge on any atom is 0.231 e. The van der Waals surface area contributed by atoms with Crippen LogP contribution in [0.15, 0.2) is 18.2 Å². The molecule has 0 aromatic heterocycles. The lowest BCUT2D eigenvalue weighted by molar-refractivity contribution is -0.119. The molecule has 18 heavy (non-hydrogen) atoms. The first-order valence-corrected chi connectivity index (χ1v) is 6.18. The Morgan fingerprint density at radius 1 is 1.28 bits per heavy atom. The van der Waals surface area contributed by atoms with Crippen LogP contribution >= 0.6 is 0 Å². The molecule has 3 rings (SSSR count). The molecule has 2 atom stereocenters. The van der Waals surface area contributed by atoms with E-state index in [0.29, 0.717) is 5.75 Å². The SMILES string of the molecule is NC1CCC(C(=O)Nc2ccc3c(c2)OCO3)C1. The zero-order valence-electron chi connectivity index (χ0n) is 10.0. The average Bonchev–Trinajstić information content (AvgIpc) is 2.96. The fourth-order valence-electron chi connectivity index (χ4n) is 2.47. The van der Waals surface area contributed by atoms with E-state index < -0.39 is 0 Å². The van der Waals surface area contributed by atoms with Gasteiger partial charge < -0.3 is 20.5 Å². The van der Waals surface area contributed by atoms with E-state index in [9.17, 15) is 4.79 Å². The zero-order valence-corrected chi connectivity index (χ0v) is 10.0. The smallest absolute Gasteiger partial charge is 0.231 e. The summed E-state index contributed by atoms with van der Waals surface area (Å²) in [6, 6.07) is 5.57. The standard InChI is InChI=1S/C13H16N2O3/c14-9-2-1-8(5-9)13(16)15-10-3-4-11-12(6-10)18-7-17-11/h3-4,6,8-9H,1-2,5,7,14H2,(H,15,16). The summed E-state index contributed by atoms with van der Waals surface area (Å²) in [6.45, 7) is 0.240.